The van der Waals surface area contributed by atoms with E-state index in [0.717, 1.165) is 0 Å². The Morgan fingerprint density at radius 1 is 1.07 bits per heavy atom. The van der Waals surface area contributed by atoms with Crippen LogP contribution in [0.5, 0.6) is 0 Å². The Bertz CT molecular complexity index is 927. The van der Waals surface area contributed by atoms with Crippen LogP contribution < -0.4 is 0 Å². The molecule has 0 bridgehead atoms. The number of benzene rings is 2. The molecular weight excluding hydrogens is 368 g/mol. The van der Waals surface area contributed by atoms with Gasteiger partial charge in [0.05, 0.1) is 6.07 Å². The molecule has 4 rings (SSSR count). The van der Waals surface area contributed by atoms with E-state index in [1.807, 2.05) is 30.3 Å². The summed E-state index contributed by atoms with van der Waals surface area (Å²) in [4.78, 5) is 25.4. The Balaban J connectivity index is 1.39. The first kappa shape index (κ1) is 19.0. The molecule has 6 nitrogen and oxygen atoms in total. The minimum atomic E-state index is -1.09. The molecule has 1 aliphatic heterocycles. The number of nitriles is 1. The van der Waals surface area contributed by atoms with Gasteiger partial charge in [-0.05, 0) is 41.0 Å². The van der Waals surface area contributed by atoms with Gasteiger partial charge in [-0.25, -0.2) is 4.79 Å². The molecule has 1 unspecified atom stereocenters. The second-order valence-electron chi connectivity index (χ2n) is 7.57. The molecule has 29 heavy (non-hydrogen) atoms. The maximum atomic E-state index is 12.6. The summed E-state index contributed by atoms with van der Waals surface area (Å²) in [5, 5.41) is 18.2. The number of rotatable bonds is 4. The van der Waals surface area contributed by atoms with Crippen molar-refractivity contribution in [3.63, 3.8) is 0 Å². The van der Waals surface area contributed by atoms with E-state index in [-0.39, 0.29) is 24.5 Å². The second-order valence-corrected chi connectivity index (χ2v) is 7.57. The van der Waals surface area contributed by atoms with Crippen molar-refractivity contribution in [1.29, 1.82) is 5.26 Å². The summed E-state index contributed by atoms with van der Waals surface area (Å²) < 4.78 is 5.65. The van der Waals surface area contributed by atoms with Gasteiger partial charge in [0.25, 0.3) is 0 Å². The molecule has 2 aliphatic rings. The molecule has 0 spiro atoms. The van der Waals surface area contributed by atoms with Crippen LogP contribution in [-0.2, 0) is 9.53 Å². The summed E-state index contributed by atoms with van der Waals surface area (Å²) in [6.07, 6.45) is 0.609. The first-order chi connectivity index (χ1) is 14.1. The molecule has 0 saturated carbocycles. The fourth-order valence-electron chi connectivity index (χ4n) is 4.46. The molecule has 2 aromatic rings. The van der Waals surface area contributed by atoms with Crippen LogP contribution in [-0.4, -0.2) is 41.8 Å². The number of aliphatic carboxylic acids is 1. The highest BCUT2D eigenvalue weighted by Crippen LogP contribution is 2.44. The number of carbonyl (C=O) groups excluding carboxylic acids is 1. The maximum absolute atomic E-state index is 12.6. The first-order valence-corrected chi connectivity index (χ1v) is 9.82. The summed E-state index contributed by atoms with van der Waals surface area (Å²) in [5.74, 6) is -2.32. The second kappa shape index (κ2) is 7.96. The molecule has 1 fully saturated rings. The number of carboxylic acids is 1. The number of hydrogen-bond donors (Lipinski definition) is 1. The lowest BCUT2D eigenvalue weighted by Gasteiger charge is -2.32. The van der Waals surface area contributed by atoms with Gasteiger partial charge in [-0.3, -0.25) is 4.79 Å². The Labute approximate surface area is 169 Å². The van der Waals surface area contributed by atoms with Gasteiger partial charge in [0.2, 0.25) is 0 Å². The zero-order valence-electron chi connectivity index (χ0n) is 16.0. The number of hydrogen-bond acceptors (Lipinski definition) is 4. The van der Waals surface area contributed by atoms with Gasteiger partial charge in [0.15, 0.2) is 0 Å². The molecule has 1 atom stereocenters. The van der Waals surface area contributed by atoms with E-state index in [1.54, 1.807) is 4.90 Å². The Hall–Kier alpha value is -3.33. The smallest absolute Gasteiger partial charge is 0.409 e. The lowest BCUT2D eigenvalue weighted by Crippen LogP contribution is -2.41. The van der Waals surface area contributed by atoms with E-state index < -0.39 is 11.9 Å². The van der Waals surface area contributed by atoms with Crippen molar-refractivity contribution >= 4 is 12.1 Å². The normalized spacial score (nSPS) is 17.1. The largest absolute Gasteiger partial charge is 0.480 e. The topological polar surface area (TPSA) is 90.6 Å². The number of ether oxygens (including phenoxy) is 1. The minimum Gasteiger partial charge on any atom is -0.480 e. The van der Waals surface area contributed by atoms with Crippen molar-refractivity contribution in [2.45, 2.75) is 18.8 Å². The summed E-state index contributed by atoms with van der Waals surface area (Å²) in [6, 6.07) is 18.2. The molecule has 1 N–H and O–H groups in total. The standard InChI is InChI=1S/C23H22N2O4/c24-13-20(22(26)27)15-9-11-25(12-10-15)23(28)29-14-21-18-7-3-1-5-16(18)17-6-2-4-8-19(17)21/h1-8,15,20-21H,9-12,14H2,(H,26,27). The minimum absolute atomic E-state index is 0.0128. The highest BCUT2D eigenvalue weighted by atomic mass is 16.6. The molecule has 1 aliphatic carbocycles. The van der Waals surface area contributed by atoms with Gasteiger partial charge in [-0.15, -0.1) is 0 Å². The zero-order valence-corrected chi connectivity index (χ0v) is 16.0. The van der Waals surface area contributed by atoms with E-state index >= 15 is 0 Å². The molecule has 2 aromatic carbocycles. The molecule has 148 valence electrons. The van der Waals surface area contributed by atoms with Crippen LogP contribution >= 0.6 is 0 Å². The summed E-state index contributed by atoms with van der Waals surface area (Å²) >= 11 is 0. The van der Waals surface area contributed by atoms with Crippen molar-refractivity contribution in [1.82, 2.24) is 4.90 Å². The fourth-order valence-corrected chi connectivity index (χ4v) is 4.46. The number of piperidine rings is 1. The Morgan fingerprint density at radius 2 is 1.62 bits per heavy atom. The van der Waals surface area contributed by atoms with Gasteiger partial charge in [-0.1, -0.05) is 48.5 Å². The van der Waals surface area contributed by atoms with Crippen LogP contribution in [0.3, 0.4) is 0 Å². The van der Waals surface area contributed by atoms with Crippen LogP contribution in [0.1, 0.15) is 29.9 Å². The van der Waals surface area contributed by atoms with Crippen molar-refractivity contribution in [2.75, 3.05) is 19.7 Å². The number of carboxylic acid groups (broad SMARTS) is 1. The maximum Gasteiger partial charge on any atom is 0.409 e. The highest BCUT2D eigenvalue weighted by molar-refractivity contribution is 5.79. The lowest BCUT2D eigenvalue weighted by atomic mass is 9.85. The van der Waals surface area contributed by atoms with Gasteiger partial charge in [-0.2, -0.15) is 5.26 Å². The molecule has 1 saturated heterocycles. The van der Waals surface area contributed by atoms with Gasteiger partial charge in [0, 0.05) is 19.0 Å². The Kier molecular flexibility index (Phi) is 5.22. The summed E-state index contributed by atoms with van der Waals surface area (Å²) in [5.41, 5.74) is 4.69. The quantitative estimate of drug-likeness (QED) is 0.856. The number of amides is 1. The molecule has 0 radical (unpaired) electrons. The number of carbonyl (C=O) groups is 2. The molecule has 6 heteroatoms. The molecule has 1 amide bonds. The number of nitrogens with zero attached hydrogens (tertiary/aromatic N) is 2. The van der Waals surface area contributed by atoms with Crippen LogP contribution in [0.25, 0.3) is 11.1 Å². The van der Waals surface area contributed by atoms with Crippen LogP contribution in [0.2, 0.25) is 0 Å². The number of fused-ring (bicyclic) bond motifs is 3. The van der Waals surface area contributed by atoms with Crippen molar-refractivity contribution < 1.29 is 19.4 Å². The monoisotopic (exact) mass is 390 g/mol. The van der Waals surface area contributed by atoms with E-state index in [9.17, 15) is 9.59 Å². The summed E-state index contributed by atoms with van der Waals surface area (Å²) in [6.45, 7) is 1.09. The SMILES string of the molecule is N#CC(C(=O)O)C1CCN(C(=O)OCC2c3ccccc3-c3ccccc32)CC1. The molecule has 1 heterocycles. The van der Waals surface area contributed by atoms with Crippen LogP contribution in [0.4, 0.5) is 4.79 Å². The molecular formula is C23H22N2O4. The fraction of sp³-hybridized carbons (Fsp3) is 0.348. The van der Waals surface area contributed by atoms with E-state index in [2.05, 4.69) is 24.3 Å². The van der Waals surface area contributed by atoms with Crippen molar-refractivity contribution in [3.05, 3.63) is 59.7 Å². The Morgan fingerprint density at radius 3 is 2.14 bits per heavy atom. The van der Waals surface area contributed by atoms with Crippen molar-refractivity contribution in [3.8, 4) is 17.2 Å². The predicted octanol–water partition coefficient (Wildman–Crippen LogP) is 3.87. The van der Waals surface area contributed by atoms with Gasteiger partial charge in [0.1, 0.15) is 12.5 Å². The molecule has 0 aromatic heterocycles. The first-order valence-electron chi connectivity index (χ1n) is 9.82. The van der Waals surface area contributed by atoms with Crippen LogP contribution in [0.15, 0.2) is 48.5 Å². The average molecular weight is 390 g/mol. The number of likely N-dealkylation sites (tertiary alicyclic amines) is 1. The van der Waals surface area contributed by atoms with Crippen LogP contribution in [0, 0.1) is 23.2 Å². The third kappa shape index (κ3) is 3.56. The lowest BCUT2D eigenvalue weighted by molar-refractivity contribution is -0.141. The van der Waals surface area contributed by atoms with Crippen molar-refractivity contribution in [2.24, 2.45) is 11.8 Å². The van der Waals surface area contributed by atoms with E-state index in [0.29, 0.717) is 25.9 Å². The third-order valence-electron chi connectivity index (χ3n) is 6.01. The zero-order chi connectivity index (χ0) is 20.4. The van der Waals surface area contributed by atoms with Gasteiger partial charge >= 0.3 is 12.1 Å². The highest BCUT2D eigenvalue weighted by Gasteiger charge is 2.34. The van der Waals surface area contributed by atoms with Gasteiger partial charge < -0.3 is 14.7 Å². The third-order valence-corrected chi connectivity index (χ3v) is 6.01. The van der Waals surface area contributed by atoms with E-state index in [4.69, 9.17) is 15.1 Å². The average Bonchev–Trinajstić information content (AvgIpc) is 3.07. The predicted molar refractivity (Wildman–Crippen MR) is 106 cm³/mol. The summed E-state index contributed by atoms with van der Waals surface area (Å²) in [7, 11) is 0. The van der Waals surface area contributed by atoms with E-state index in [1.165, 1.54) is 22.3 Å².